The van der Waals surface area contributed by atoms with Crippen LogP contribution in [-0.4, -0.2) is 22.4 Å². The summed E-state index contributed by atoms with van der Waals surface area (Å²) in [6.07, 6.45) is 0. The zero-order valence-corrected chi connectivity index (χ0v) is 16.0. The zero-order chi connectivity index (χ0) is 18.0. The Kier molecular flexibility index (Phi) is 5.06. The standard InChI is InChI=1S/C19H20ClN3OS/c1-12-8-9-13(20)10-16(12)21-17(24)11-25-18-14-6-4-5-7-15(14)22-19(2,3)23-18/h4-10,22H,11H2,1-3H3,(H,21,24). The van der Waals surface area contributed by atoms with Crippen LogP contribution in [0.3, 0.4) is 0 Å². The van der Waals surface area contributed by atoms with E-state index in [9.17, 15) is 4.79 Å². The number of nitrogens with one attached hydrogen (secondary N) is 2. The Bertz CT molecular complexity index is 848. The first-order chi connectivity index (χ1) is 11.8. The number of anilines is 2. The second-order valence-corrected chi connectivity index (χ2v) is 7.84. The van der Waals surface area contributed by atoms with Crippen molar-refractivity contribution in [1.82, 2.24) is 0 Å². The largest absolute Gasteiger partial charge is 0.361 e. The minimum absolute atomic E-state index is 0.0770. The number of benzene rings is 2. The monoisotopic (exact) mass is 373 g/mol. The molecule has 0 saturated heterocycles. The molecule has 2 aromatic rings. The Morgan fingerprint density at radius 2 is 2.04 bits per heavy atom. The summed E-state index contributed by atoms with van der Waals surface area (Å²) in [4.78, 5) is 17.1. The van der Waals surface area contributed by atoms with Crippen LogP contribution >= 0.6 is 23.4 Å². The summed E-state index contributed by atoms with van der Waals surface area (Å²) in [5.41, 5.74) is 3.39. The Balaban J connectivity index is 1.71. The lowest BCUT2D eigenvalue weighted by atomic mass is 10.1. The molecule has 1 heterocycles. The van der Waals surface area contributed by atoms with Crippen molar-refractivity contribution in [1.29, 1.82) is 0 Å². The van der Waals surface area contributed by atoms with Crippen LogP contribution in [0.4, 0.5) is 11.4 Å². The van der Waals surface area contributed by atoms with E-state index in [1.807, 2.05) is 57.2 Å². The summed E-state index contributed by atoms with van der Waals surface area (Å²) in [7, 11) is 0. The van der Waals surface area contributed by atoms with Crippen LogP contribution in [-0.2, 0) is 4.79 Å². The van der Waals surface area contributed by atoms with Gasteiger partial charge in [0.2, 0.25) is 5.91 Å². The van der Waals surface area contributed by atoms with Crippen LogP contribution in [0.1, 0.15) is 25.0 Å². The fraction of sp³-hybridized carbons (Fsp3) is 0.263. The number of hydrogen-bond acceptors (Lipinski definition) is 4. The number of hydrogen-bond donors (Lipinski definition) is 2. The van der Waals surface area contributed by atoms with Crippen LogP contribution in [0.15, 0.2) is 47.5 Å². The van der Waals surface area contributed by atoms with Crippen molar-refractivity contribution >= 4 is 45.7 Å². The van der Waals surface area contributed by atoms with Crippen molar-refractivity contribution in [3.05, 3.63) is 58.6 Å². The maximum absolute atomic E-state index is 12.3. The van der Waals surface area contributed by atoms with E-state index in [0.717, 1.165) is 27.5 Å². The molecular formula is C19H20ClN3OS. The molecule has 0 aromatic heterocycles. The van der Waals surface area contributed by atoms with Gasteiger partial charge in [0.25, 0.3) is 0 Å². The van der Waals surface area contributed by atoms with Gasteiger partial charge in [-0.3, -0.25) is 9.79 Å². The quantitative estimate of drug-likeness (QED) is 0.802. The Labute approximate surface area is 157 Å². The van der Waals surface area contributed by atoms with E-state index in [0.29, 0.717) is 5.02 Å². The summed E-state index contributed by atoms with van der Waals surface area (Å²) < 4.78 is 0. The van der Waals surface area contributed by atoms with Gasteiger partial charge in [0.15, 0.2) is 0 Å². The molecule has 3 rings (SSSR count). The number of carbonyl (C=O) groups excluding carboxylic acids is 1. The highest BCUT2D eigenvalue weighted by Crippen LogP contribution is 2.31. The number of halogens is 1. The fourth-order valence-corrected chi connectivity index (χ4v) is 3.75. The number of amides is 1. The summed E-state index contributed by atoms with van der Waals surface area (Å²) in [6, 6.07) is 13.5. The summed E-state index contributed by atoms with van der Waals surface area (Å²) in [5.74, 6) is 0.210. The van der Waals surface area contributed by atoms with Crippen molar-refractivity contribution in [3.8, 4) is 0 Å². The number of rotatable bonds is 3. The number of carbonyl (C=O) groups is 1. The molecule has 0 spiro atoms. The third-order valence-electron chi connectivity index (χ3n) is 3.79. The first-order valence-electron chi connectivity index (χ1n) is 8.00. The van der Waals surface area contributed by atoms with E-state index in [2.05, 4.69) is 10.6 Å². The molecule has 0 saturated carbocycles. The van der Waals surface area contributed by atoms with Gasteiger partial charge >= 0.3 is 0 Å². The number of aryl methyl sites for hydroxylation is 1. The van der Waals surface area contributed by atoms with Crippen molar-refractivity contribution in [2.24, 2.45) is 4.99 Å². The van der Waals surface area contributed by atoms with Crippen molar-refractivity contribution in [2.45, 2.75) is 26.4 Å². The minimum Gasteiger partial charge on any atom is -0.361 e. The molecule has 2 N–H and O–H groups in total. The number of nitrogens with zero attached hydrogens (tertiary/aromatic N) is 1. The molecule has 0 fully saturated rings. The van der Waals surface area contributed by atoms with Gasteiger partial charge < -0.3 is 10.6 Å². The predicted octanol–water partition coefficient (Wildman–Crippen LogP) is 4.93. The topological polar surface area (TPSA) is 53.5 Å². The van der Waals surface area contributed by atoms with Crippen LogP contribution in [0.5, 0.6) is 0 Å². The molecule has 0 unspecified atom stereocenters. The highest BCUT2D eigenvalue weighted by Gasteiger charge is 2.26. The zero-order valence-electron chi connectivity index (χ0n) is 14.4. The van der Waals surface area contributed by atoms with Crippen LogP contribution < -0.4 is 10.6 Å². The molecule has 0 radical (unpaired) electrons. The third-order valence-corrected chi connectivity index (χ3v) is 5.02. The van der Waals surface area contributed by atoms with Crippen molar-refractivity contribution in [3.63, 3.8) is 0 Å². The van der Waals surface area contributed by atoms with Gasteiger partial charge in [-0.15, -0.1) is 0 Å². The number of thioether (sulfide) groups is 1. The first kappa shape index (κ1) is 17.8. The van der Waals surface area contributed by atoms with E-state index in [-0.39, 0.29) is 11.7 Å². The van der Waals surface area contributed by atoms with Gasteiger partial charge in [-0.1, -0.05) is 47.6 Å². The second-order valence-electron chi connectivity index (χ2n) is 6.44. The third kappa shape index (κ3) is 4.35. The number of para-hydroxylation sites is 1. The lowest BCUT2D eigenvalue weighted by Crippen LogP contribution is -2.34. The number of fused-ring (bicyclic) bond motifs is 1. The fourth-order valence-electron chi connectivity index (χ4n) is 2.61. The molecule has 1 amide bonds. The van der Waals surface area contributed by atoms with E-state index >= 15 is 0 Å². The van der Waals surface area contributed by atoms with E-state index in [1.54, 1.807) is 6.07 Å². The van der Waals surface area contributed by atoms with Crippen LogP contribution in [0.2, 0.25) is 5.02 Å². The molecular weight excluding hydrogens is 354 g/mol. The van der Waals surface area contributed by atoms with E-state index in [1.165, 1.54) is 11.8 Å². The lowest BCUT2D eigenvalue weighted by molar-refractivity contribution is -0.113. The Hall–Kier alpha value is -1.98. The van der Waals surface area contributed by atoms with E-state index in [4.69, 9.17) is 16.6 Å². The smallest absolute Gasteiger partial charge is 0.234 e. The SMILES string of the molecule is Cc1ccc(Cl)cc1NC(=O)CSC1=NC(C)(C)Nc2ccccc21. The summed E-state index contributed by atoms with van der Waals surface area (Å²) in [5, 5.41) is 7.79. The van der Waals surface area contributed by atoms with Gasteiger partial charge in [0, 0.05) is 22.0 Å². The van der Waals surface area contributed by atoms with E-state index < -0.39 is 5.66 Å². The molecule has 25 heavy (non-hydrogen) atoms. The van der Waals surface area contributed by atoms with Gasteiger partial charge in [-0.25, -0.2) is 0 Å². The summed E-state index contributed by atoms with van der Waals surface area (Å²) in [6.45, 7) is 5.96. The van der Waals surface area contributed by atoms with Crippen molar-refractivity contribution < 1.29 is 4.79 Å². The maximum Gasteiger partial charge on any atom is 0.234 e. The molecule has 0 aliphatic carbocycles. The Morgan fingerprint density at radius 3 is 2.84 bits per heavy atom. The molecule has 2 aromatic carbocycles. The molecule has 6 heteroatoms. The predicted molar refractivity (Wildman–Crippen MR) is 108 cm³/mol. The minimum atomic E-state index is -0.392. The van der Waals surface area contributed by atoms with Gasteiger partial charge in [-0.05, 0) is 44.5 Å². The second kappa shape index (κ2) is 7.10. The molecule has 0 atom stereocenters. The average Bonchev–Trinajstić information content (AvgIpc) is 2.55. The molecule has 130 valence electrons. The average molecular weight is 374 g/mol. The normalized spacial score (nSPS) is 15.0. The Morgan fingerprint density at radius 1 is 1.28 bits per heavy atom. The highest BCUT2D eigenvalue weighted by molar-refractivity contribution is 8.15. The highest BCUT2D eigenvalue weighted by atomic mass is 35.5. The number of aliphatic imine (C=N–C) groups is 1. The van der Waals surface area contributed by atoms with Crippen molar-refractivity contribution in [2.75, 3.05) is 16.4 Å². The van der Waals surface area contributed by atoms with Gasteiger partial charge in [0.1, 0.15) is 10.7 Å². The van der Waals surface area contributed by atoms with Crippen LogP contribution in [0.25, 0.3) is 0 Å². The molecule has 1 aliphatic rings. The first-order valence-corrected chi connectivity index (χ1v) is 9.37. The molecule has 1 aliphatic heterocycles. The maximum atomic E-state index is 12.3. The lowest BCUT2D eigenvalue weighted by Gasteiger charge is -2.30. The van der Waals surface area contributed by atoms with Crippen LogP contribution in [0, 0.1) is 6.92 Å². The summed E-state index contributed by atoms with van der Waals surface area (Å²) >= 11 is 7.45. The molecule has 0 bridgehead atoms. The van der Waals surface area contributed by atoms with Gasteiger partial charge in [-0.2, -0.15) is 0 Å². The molecule has 4 nitrogen and oxygen atoms in total. The van der Waals surface area contributed by atoms with Gasteiger partial charge in [0.05, 0.1) is 5.75 Å².